The molecule has 2 amide bonds. The number of nitrogens with two attached hydrogens (primary N) is 1. The predicted octanol–water partition coefficient (Wildman–Crippen LogP) is 3.74. The number of amides is 2. The van der Waals surface area contributed by atoms with Crippen LogP contribution in [0.1, 0.15) is 21.0 Å². The standard InChI is InChI=1S/C18H14BrN5O2S/c1-24-13-5-3-2-4-10(13)14(19)15(24)17(26)23-18-22-12(8-27-18)9-6-11(16(20)25)21-7-9/h2-8,21H,1H3,(H2,20,25)(H,22,23,26). The highest BCUT2D eigenvalue weighted by Crippen LogP contribution is 2.31. The number of aromatic nitrogens is 3. The summed E-state index contributed by atoms with van der Waals surface area (Å²) in [5.74, 6) is -0.793. The summed E-state index contributed by atoms with van der Waals surface area (Å²) in [6.07, 6.45) is 1.65. The number of H-pyrrole nitrogens is 1. The molecule has 0 saturated carbocycles. The van der Waals surface area contributed by atoms with E-state index < -0.39 is 5.91 Å². The van der Waals surface area contributed by atoms with Gasteiger partial charge in [0.05, 0.1) is 10.2 Å². The molecular weight excluding hydrogens is 430 g/mol. The summed E-state index contributed by atoms with van der Waals surface area (Å²) in [7, 11) is 1.85. The van der Waals surface area contributed by atoms with E-state index in [0.717, 1.165) is 20.9 Å². The number of primary amides is 1. The molecule has 9 heteroatoms. The topological polar surface area (TPSA) is 106 Å². The molecule has 0 fully saturated rings. The Morgan fingerprint density at radius 3 is 2.81 bits per heavy atom. The number of nitrogens with one attached hydrogen (secondary N) is 2. The summed E-state index contributed by atoms with van der Waals surface area (Å²) in [6.45, 7) is 0. The second kappa shape index (κ2) is 6.67. The molecule has 0 unspecified atom stereocenters. The Morgan fingerprint density at radius 2 is 2.11 bits per heavy atom. The van der Waals surface area contributed by atoms with Crippen molar-refractivity contribution in [2.75, 3.05) is 5.32 Å². The largest absolute Gasteiger partial charge is 0.364 e. The van der Waals surface area contributed by atoms with Gasteiger partial charge in [-0.3, -0.25) is 14.9 Å². The van der Waals surface area contributed by atoms with Crippen LogP contribution in [0.5, 0.6) is 0 Å². The number of thiazole rings is 1. The molecule has 0 aliphatic carbocycles. The van der Waals surface area contributed by atoms with Crippen molar-refractivity contribution in [3.05, 3.63) is 57.8 Å². The van der Waals surface area contributed by atoms with Crippen LogP contribution in [0.4, 0.5) is 5.13 Å². The Bertz CT molecular complexity index is 1150. The summed E-state index contributed by atoms with van der Waals surface area (Å²) < 4.78 is 2.58. The molecule has 0 saturated heterocycles. The van der Waals surface area contributed by atoms with Crippen LogP contribution in [-0.4, -0.2) is 26.3 Å². The molecule has 0 atom stereocenters. The first-order chi connectivity index (χ1) is 13.0. The molecule has 0 bridgehead atoms. The molecule has 136 valence electrons. The molecule has 0 aliphatic rings. The minimum atomic E-state index is -0.536. The van der Waals surface area contributed by atoms with Gasteiger partial charge >= 0.3 is 0 Å². The average molecular weight is 444 g/mol. The third-order valence-corrected chi connectivity index (χ3v) is 5.79. The van der Waals surface area contributed by atoms with E-state index in [-0.39, 0.29) is 5.91 Å². The fourth-order valence-corrected chi connectivity index (χ4v) is 4.40. The number of aryl methyl sites for hydroxylation is 1. The van der Waals surface area contributed by atoms with Crippen LogP contribution >= 0.6 is 27.3 Å². The number of benzene rings is 1. The number of hydrogen-bond donors (Lipinski definition) is 3. The van der Waals surface area contributed by atoms with Gasteiger partial charge in [-0.1, -0.05) is 18.2 Å². The van der Waals surface area contributed by atoms with E-state index >= 15 is 0 Å². The minimum absolute atomic E-state index is 0.256. The molecule has 0 aliphatic heterocycles. The van der Waals surface area contributed by atoms with E-state index in [9.17, 15) is 9.59 Å². The van der Waals surface area contributed by atoms with Crippen LogP contribution < -0.4 is 11.1 Å². The lowest BCUT2D eigenvalue weighted by molar-refractivity contribution is 0.0993. The first kappa shape index (κ1) is 17.5. The number of aromatic amines is 1. The van der Waals surface area contributed by atoms with Crippen LogP contribution in [0.2, 0.25) is 0 Å². The van der Waals surface area contributed by atoms with Crippen LogP contribution in [0.25, 0.3) is 22.2 Å². The van der Waals surface area contributed by atoms with Crippen molar-refractivity contribution in [2.24, 2.45) is 12.8 Å². The fraction of sp³-hybridized carbons (Fsp3) is 0.0556. The molecule has 3 heterocycles. The second-order valence-corrected chi connectivity index (χ2v) is 7.55. The first-order valence-electron chi connectivity index (χ1n) is 7.94. The zero-order chi connectivity index (χ0) is 19.1. The summed E-state index contributed by atoms with van der Waals surface area (Å²) in [5, 5.41) is 6.08. The SMILES string of the molecule is Cn1c(C(=O)Nc2nc(-c3c[nH]c(C(N)=O)c3)cs2)c(Br)c2ccccc21. The number of nitrogens with zero attached hydrogens (tertiary/aromatic N) is 2. The van der Waals surface area contributed by atoms with Gasteiger partial charge in [0, 0.05) is 35.1 Å². The van der Waals surface area contributed by atoms with E-state index in [4.69, 9.17) is 5.73 Å². The number of hydrogen-bond acceptors (Lipinski definition) is 4. The highest BCUT2D eigenvalue weighted by molar-refractivity contribution is 9.10. The Labute approximate surface area is 166 Å². The Kier molecular flexibility index (Phi) is 4.33. The summed E-state index contributed by atoms with van der Waals surface area (Å²) in [6, 6.07) is 9.41. The van der Waals surface area contributed by atoms with Gasteiger partial charge in [0.15, 0.2) is 5.13 Å². The summed E-state index contributed by atoms with van der Waals surface area (Å²) in [5.41, 5.74) is 8.41. The summed E-state index contributed by atoms with van der Waals surface area (Å²) >= 11 is 4.83. The minimum Gasteiger partial charge on any atom is -0.364 e. The van der Waals surface area contributed by atoms with Crippen LogP contribution in [0.3, 0.4) is 0 Å². The highest BCUT2D eigenvalue weighted by atomic mass is 79.9. The van der Waals surface area contributed by atoms with Crippen molar-refractivity contribution < 1.29 is 9.59 Å². The lowest BCUT2D eigenvalue weighted by Crippen LogP contribution is -2.16. The molecule has 4 rings (SSSR count). The van der Waals surface area contributed by atoms with Crippen molar-refractivity contribution in [2.45, 2.75) is 0 Å². The number of carbonyl (C=O) groups is 2. The maximum Gasteiger partial charge on any atom is 0.275 e. The van der Waals surface area contributed by atoms with E-state index in [2.05, 4.69) is 31.2 Å². The van der Waals surface area contributed by atoms with Gasteiger partial charge in [0.25, 0.3) is 11.8 Å². The molecule has 4 N–H and O–H groups in total. The second-order valence-electron chi connectivity index (χ2n) is 5.90. The van der Waals surface area contributed by atoms with Crippen molar-refractivity contribution in [1.29, 1.82) is 0 Å². The quantitative estimate of drug-likeness (QED) is 0.447. The van der Waals surface area contributed by atoms with Gasteiger partial charge in [0.2, 0.25) is 0 Å². The van der Waals surface area contributed by atoms with Crippen molar-refractivity contribution in [3.63, 3.8) is 0 Å². The highest BCUT2D eigenvalue weighted by Gasteiger charge is 2.20. The lowest BCUT2D eigenvalue weighted by Gasteiger charge is -2.04. The third-order valence-electron chi connectivity index (χ3n) is 4.23. The number of para-hydroxylation sites is 1. The van der Waals surface area contributed by atoms with Gasteiger partial charge < -0.3 is 15.3 Å². The monoisotopic (exact) mass is 443 g/mol. The Balaban J connectivity index is 1.61. The van der Waals surface area contributed by atoms with Crippen molar-refractivity contribution >= 4 is 55.1 Å². The van der Waals surface area contributed by atoms with Crippen LogP contribution in [0, 0.1) is 0 Å². The maximum atomic E-state index is 12.8. The van der Waals surface area contributed by atoms with Crippen molar-refractivity contribution in [3.8, 4) is 11.3 Å². The molecular formula is C18H14BrN5O2S. The third kappa shape index (κ3) is 3.04. The van der Waals surface area contributed by atoms with Gasteiger partial charge in [-0.05, 0) is 28.1 Å². The number of fused-ring (bicyclic) bond motifs is 1. The molecule has 7 nitrogen and oxygen atoms in total. The Hall–Kier alpha value is -2.91. The first-order valence-corrected chi connectivity index (χ1v) is 9.61. The van der Waals surface area contributed by atoms with Crippen molar-refractivity contribution in [1.82, 2.24) is 14.5 Å². The summed E-state index contributed by atoms with van der Waals surface area (Å²) in [4.78, 5) is 31.2. The number of rotatable bonds is 4. The van der Waals surface area contributed by atoms with E-state index in [1.165, 1.54) is 11.3 Å². The molecule has 1 aromatic carbocycles. The fourth-order valence-electron chi connectivity index (χ4n) is 2.90. The molecule has 0 radical (unpaired) electrons. The average Bonchev–Trinajstić information content (AvgIpc) is 3.35. The maximum absolute atomic E-state index is 12.8. The van der Waals surface area contributed by atoms with Gasteiger partial charge in [-0.2, -0.15) is 0 Å². The normalized spacial score (nSPS) is 11.0. The van der Waals surface area contributed by atoms with E-state index in [1.807, 2.05) is 35.9 Å². The molecule has 0 spiro atoms. The zero-order valence-corrected chi connectivity index (χ0v) is 16.5. The zero-order valence-electron chi connectivity index (χ0n) is 14.1. The van der Waals surface area contributed by atoms with E-state index in [1.54, 1.807) is 17.6 Å². The molecule has 27 heavy (non-hydrogen) atoms. The van der Waals surface area contributed by atoms with E-state index in [0.29, 0.717) is 22.2 Å². The predicted molar refractivity (Wildman–Crippen MR) is 109 cm³/mol. The lowest BCUT2D eigenvalue weighted by atomic mass is 10.2. The smallest absolute Gasteiger partial charge is 0.275 e. The molecule has 4 aromatic rings. The number of anilines is 1. The van der Waals surface area contributed by atoms with Gasteiger partial charge in [-0.15, -0.1) is 11.3 Å². The Morgan fingerprint density at radius 1 is 1.33 bits per heavy atom. The van der Waals surface area contributed by atoms with Gasteiger partial charge in [0.1, 0.15) is 11.4 Å². The van der Waals surface area contributed by atoms with Gasteiger partial charge in [-0.25, -0.2) is 4.98 Å². The van der Waals surface area contributed by atoms with Crippen LogP contribution in [0.15, 0.2) is 46.4 Å². The number of halogens is 1. The molecule has 3 aromatic heterocycles. The number of carbonyl (C=O) groups excluding carboxylic acids is 2. The van der Waals surface area contributed by atoms with Crippen LogP contribution in [-0.2, 0) is 7.05 Å².